The van der Waals surface area contributed by atoms with Crippen LogP contribution in [-0.2, 0) is 16.2 Å². The van der Waals surface area contributed by atoms with Crippen molar-refractivity contribution in [2.24, 2.45) is 5.14 Å². The smallest absolute Gasteiger partial charge is 0.256 e. The van der Waals surface area contributed by atoms with E-state index in [1.54, 1.807) is 6.07 Å². The molecule has 0 atom stereocenters. The monoisotopic (exact) mass is 396 g/mol. The van der Waals surface area contributed by atoms with Gasteiger partial charge >= 0.3 is 6.18 Å². The van der Waals surface area contributed by atoms with Crippen LogP contribution in [0, 0.1) is 5.82 Å². The molecule has 0 saturated heterocycles. The third-order valence-corrected chi connectivity index (χ3v) is 4.76. The summed E-state index contributed by atoms with van der Waals surface area (Å²) < 4.78 is 75.8. The highest BCUT2D eigenvalue weighted by atomic mass is 32.2. The van der Waals surface area contributed by atoms with Gasteiger partial charge in [0.2, 0.25) is 10.0 Å². The summed E-state index contributed by atoms with van der Waals surface area (Å²) in [6.07, 6.45) is -3.12. The Morgan fingerprint density at radius 3 is 2.30 bits per heavy atom. The first-order chi connectivity index (χ1) is 12.6. The zero-order valence-corrected chi connectivity index (χ0v) is 14.4. The van der Waals surface area contributed by atoms with Crippen molar-refractivity contribution in [3.05, 3.63) is 72.2 Å². The molecule has 0 saturated carbocycles. The summed E-state index contributed by atoms with van der Waals surface area (Å²) in [6.45, 7) is 0. The summed E-state index contributed by atoms with van der Waals surface area (Å²) in [5.41, 5.74) is 0.146. The van der Waals surface area contributed by atoms with Crippen molar-refractivity contribution in [2.45, 2.75) is 11.1 Å². The lowest BCUT2D eigenvalue weighted by atomic mass is 9.98. The second-order valence-electron chi connectivity index (χ2n) is 5.67. The number of pyridine rings is 1. The number of hydrogen-bond donors (Lipinski definition) is 1. The van der Waals surface area contributed by atoms with Gasteiger partial charge in [-0.2, -0.15) is 13.2 Å². The number of rotatable bonds is 3. The molecule has 0 spiro atoms. The lowest BCUT2D eigenvalue weighted by Gasteiger charge is -2.12. The molecule has 3 rings (SSSR count). The van der Waals surface area contributed by atoms with Crippen LogP contribution in [0.2, 0.25) is 0 Å². The fourth-order valence-electron chi connectivity index (χ4n) is 2.61. The number of nitrogens with zero attached hydrogens (tertiary/aromatic N) is 1. The highest BCUT2D eigenvalue weighted by Crippen LogP contribution is 2.35. The molecule has 3 aromatic rings. The van der Waals surface area contributed by atoms with Gasteiger partial charge in [-0.3, -0.25) is 4.98 Å². The topological polar surface area (TPSA) is 73.1 Å². The highest BCUT2D eigenvalue weighted by molar-refractivity contribution is 7.89. The quantitative estimate of drug-likeness (QED) is 0.674. The van der Waals surface area contributed by atoms with Crippen LogP contribution in [0.15, 0.2) is 65.7 Å². The molecule has 140 valence electrons. The largest absolute Gasteiger partial charge is 0.416 e. The van der Waals surface area contributed by atoms with Gasteiger partial charge in [-0.15, -0.1) is 0 Å². The molecule has 2 N–H and O–H groups in total. The minimum atomic E-state index is -4.52. The normalized spacial score (nSPS) is 12.2. The van der Waals surface area contributed by atoms with Crippen LogP contribution in [-0.4, -0.2) is 13.4 Å². The van der Waals surface area contributed by atoms with Gasteiger partial charge in [0.1, 0.15) is 10.7 Å². The molecule has 0 bridgehead atoms. The van der Waals surface area contributed by atoms with E-state index in [2.05, 4.69) is 4.98 Å². The molecule has 0 aliphatic carbocycles. The van der Waals surface area contributed by atoms with E-state index in [1.807, 2.05) is 0 Å². The zero-order chi connectivity index (χ0) is 19.8. The zero-order valence-electron chi connectivity index (χ0n) is 13.5. The lowest BCUT2D eigenvalue weighted by Crippen LogP contribution is -2.14. The molecule has 0 amide bonds. The van der Waals surface area contributed by atoms with Crippen LogP contribution in [0.5, 0.6) is 0 Å². The molecule has 0 aliphatic heterocycles. The minimum Gasteiger partial charge on any atom is -0.256 e. The van der Waals surface area contributed by atoms with E-state index < -0.39 is 32.5 Å². The van der Waals surface area contributed by atoms with E-state index in [4.69, 9.17) is 5.14 Å². The number of halogens is 4. The molecule has 9 heteroatoms. The second kappa shape index (κ2) is 6.75. The molecule has 0 radical (unpaired) electrons. The number of nitrogens with two attached hydrogens (primary N) is 1. The molecular formula is C18H12F4N2O2S. The standard InChI is InChI=1S/C18H12F4N2O2S/c19-15-10-11(6-7-16(15)27(23,25)26)14-5-2-8-24-17(14)12-3-1-4-13(9-12)18(20,21)22/h1-10H,(H2,23,25,26). The Kier molecular flexibility index (Phi) is 4.75. The Labute approximate surface area is 152 Å². The SMILES string of the molecule is NS(=O)(=O)c1ccc(-c2cccnc2-c2cccc(C(F)(F)F)c2)cc1F. The lowest BCUT2D eigenvalue weighted by molar-refractivity contribution is -0.137. The summed E-state index contributed by atoms with van der Waals surface area (Å²) in [5.74, 6) is -1.06. The molecule has 27 heavy (non-hydrogen) atoms. The summed E-state index contributed by atoms with van der Waals surface area (Å²) in [4.78, 5) is 3.45. The molecule has 0 aliphatic rings. The van der Waals surface area contributed by atoms with Crippen LogP contribution < -0.4 is 5.14 Å². The van der Waals surface area contributed by atoms with Gasteiger partial charge in [-0.25, -0.2) is 17.9 Å². The highest BCUT2D eigenvalue weighted by Gasteiger charge is 2.30. The van der Waals surface area contributed by atoms with Gasteiger partial charge < -0.3 is 0 Å². The Morgan fingerprint density at radius 1 is 0.926 bits per heavy atom. The van der Waals surface area contributed by atoms with Gasteiger partial charge in [0.05, 0.1) is 11.3 Å². The van der Waals surface area contributed by atoms with E-state index in [1.165, 1.54) is 30.5 Å². The second-order valence-corrected chi connectivity index (χ2v) is 7.20. The van der Waals surface area contributed by atoms with Gasteiger partial charge in [-0.1, -0.05) is 24.3 Å². The Bertz CT molecular complexity index is 1110. The number of primary sulfonamides is 1. The van der Waals surface area contributed by atoms with Crippen LogP contribution in [0.3, 0.4) is 0 Å². The van der Waals surface area contributed by atoms with E-state index in [0.29, 0.717) is 5.56 Å². The fourth-order valence-corrected chi connectivity index (χ4v) is 3.20. The minimum absolute atomic E-state index is 0.191. The molecule has 1 heterocycles. The van der Waals surface area contributed by atoms with Gasteiger partial charge in [0.25, 0.3) is 0 Å². The van der Waals surface area contributed by atoms with Crippen molar-refractivity contribution in [1.82, 2.24) is 4.98 Å². The maximum atomic E-state index is 14.2. The Balaban J connectivity index is 2.15. The summed E-state index contributed by atoms with van der Waals surface area (Å²) in [7, 11) is -4.23. The number of alkyl halides is 3. The molecule has 4 nitrogen and oxygen atoms in total. The molecule has 2 aromatic carbocycles. The number of aromatic nitrogens is 1. The van der Waals surface area contributed by atoms with Crippen molar-refractivity contribution < 1.29 is 26.0 Å². The van der Waals surface area contributed by atoms with Crippen molar-refractivity contribution in [1.29, 1.82) is 0 Å². The van der Waals surface area contributed by atoms with Crippen LogP contribution in [0.1, 0.15) is 5.56 Å². The predicted molar refractivity (Wildman–Crippen MR) is 91.4 cm³/mol. The van der Waals surface area contributed by atoms with Gasteiger partial charge in [-0.05, 0) is 35.9 Å². The van der Waals surface area contributed by atoms with Gasteiger partial charge in [0.15, 0.2) is 0 Å². The molecular weight excluding hydrogens is 384 g/mol. The van der Waals surface area contributed by atoms with Crippen LogP contribution >= 0.6 is 0 Å². The van der Waals surface area contributed by atoms with E-state index in [0.717, 1.165) is 24.3 Å². The third-order valence-electron chi connectivity index (χ3n) is 3.82. The summed E-state index contributed by atoms with van der Waals surface area (Å²) in [5, 5.41) is 4.94. The Hall–Kier alpha value is -2.78. The molecule has 1 aromatic heterocycles. The number of benzene rings is 2. The average molecular weight is 396 g/mol. The first-order valence-electron chi connectivity index (χ1n) is 7.53. The molecule has 0 fully saturated rings. The first kappa shape index (κ1) is 19.0. The van der Waals surface area contributed by atoms with Gasteiger partial charge in [0, 0.05) is 17.3 Å². The maximum absolute atomic E-state index is 14.2. The molecule has 0 unspecified atom stereocenters. The fraction of sp³-hybridized carbons (Fsp3) is 0.0556. The van der Waals surface area contributed by atoms with Crippen LogP contribution in [0.4, 0.5) is 17.6 Å². The van der Waals surface area contributed by atoms with Crippen molar-refractivity contribution >= 4 is 10.0 Å². The van der Waals surface area contributed by atoms with Crippen LogP contribution in [0.25, 0.3) is 22.4 Å². The maximum Gasteiger partial charge on any atom is 0.416 e. The number of hydrogen-bond acceptors (Lipinski definition) is 3. The Morgan fingerprint density at radius 2 is 1.67 bits per heavy atom. The first-order valence-corrected chi connectivity index (χ1v) is 9.07. The third kappa shape index (κ3) is 3.99. The number of sulfonamides is 1. The van der Waals surface area contributed by atoms with Crippen molar-refractivity contribution in [3.8, 4) is 22.4 Å². The van der Waals surface area contributed by atoms with E-state index in [9.17, 15) is 26.0 Å². The average Bonchev–Trinajstić information content (AvgIpc) is 2.60. The van der Waals surface area contributed by atoms with Crippen molar-refractivity contribution in [2.75, 3.05) is 0 Å². The van der Waals surface area contributed by atoms with E-state index >= 15 is 0 Å². The van der Waals surface area contributed by atoms with Crippen molar-refractivity contribution in [3.63, 3.8) is 0 Å². The summed E-state index contributed by atoms with van der Waals surface area (Å²) in [6, 6.07) is 10.9. The summed E-state index contributed by atoms with van der Waals surface area (Å²) >= 11 is 0. The predicted octanol–water partition coefficient (Wildman–Crippen LogP) is 4.22. The van der Waals surface area contributed by atoms with E-state index in [-0.39, 0.29) is 16.8 Å².